The van der Waals surface area contributed by atoms with E-state index in [1.165, 1.54) is 6.08 Å². The smallest absolute Gasteiger partial charge is 0.244 e. The van der Waals surface area contributed by atoms with Crippen molar-refractivity contribution in [2.24, 2.45) is 5.14 Å². The van der Waals surface area contributed by atoms with Crippen molar-refractivity contribution in [2.75, 3.05) is 6.54 Å². The molecule has 2 heterocycles. The molecule has 3 N–H and O–H groups in total. The predicted molar refractivity (Wildman–Crippen MR) is 80.9 cm³/mol. The minimum atomic E-state index is -3.87. The Morgan fingerprint density at radius 3 is 2.70 bits per heavy atom. The van der Waals surface area contributed by atoms with Crippen molar-refractivity contribution in [3.05, 3.63) is 20.1 Å². The van der Waals surface area contributed by atoms with Crippen LogP contribution in [0.3, 0.4) is 0 Å². The summed E-state index contributed by atoms with van der Waals surface area (Å²) in [6.45, 7) is 4.33. The fourth-order valence-corrected chi connectivity index (χ4v) is 6.93. The summed E-state index contributed by atoms with van der Waals surface area (Å²) >= 11 is 0.762. The predicted octanol–water partition coefficient (Wildman–Crippen LogP) is 0.650. The van der Waals surface area contributed by atoms with Crippen LogP contribution in [0.25, 0.3) is 0 Å². The van der Waals surface area contributed by atoms with Crippen LogP contribution >= 0.6 is 11.8 Å². The number of sulfone groups is 1. The first-order valence-electron chi connectivity index (χ1n) is 6.29. The van der Waals surface area contributed by atoms with Gasteiger partial charge in [-0.3, -0.25) is 0 Å². The van der Waals surface area contributed by atoms with Crippen molar-refractivity contribution in [3.63, 3.8) is 0 Å². The molecule has 0 aromatic rings. The molecule has 20 heavy (non-hydrogen) atoms. The topological polar surface area (TPSA) is 106 Å². The molecule has 114 valence electrons. The van der Waals surface area contributed by atoms with Gasteiger partial charge < -0.3 is 5.32 Å². The van der Waals surface area contributed by atoms with Gasteiger partial charge in [-0.15, -0.1) is 0 Å². The zero-order valence-electron chi connectivity index (χ0n) is 11.3. The molecule has 0 bridgehead atoms. The number of hydrogen-bond acceptors (Lipinski definition) is 6. The van der Waals surface area contributed by atoms with E-state index in [4.69, 9.17) is 5.14 Å². The van der Waals surface area contributed by atoms with Gasteiger partial charge in [-0.05, 0) is 31.9 Å². The van der Waals surface area contributed by atoms with Gasteiger partial charge in [0.1, 0.15) is 8.47 Å². The molecule has 9 heteroatoms. The van der Waals surface area contributed by atoms with Crippen molar-refractivity contribution < 1.29 is 16.8 Å². The van der Waals surface area contributed by atoms with Gasteiger partial charge in [0.25, 0.3) is 0 Å². The Labute approximate surface area is 123 Å². The summed E-state index contributed by atoms with van der Waals surface area (Å²) in [5.74, 6) is 0. The third-order valence-corrected chi connectivity index (χ3v) is 8.92. The summed E-state index contributed by atoms with van der Waals surface area (Å²) < 4.78 is 47.7. The molecule has 0 amide bonds. The molecular weight excluding hydrogens is 320 g/mol. The van der Waals surface area contributed by atoms with Crippen LogP contribution in [0.15, 0.2) is 20.1 Å². The molecule has 2 atom stereocenters. The van der Waals surface area contributed by atoms with Gasteiger partial charge in [0, 0.05) is 6.04 Å². The summed E-state index contributed by atoms with van der Waals surface area (Å²) in [4.78, 5) is 0. The minimum absolute atomic E-state index is 0.0284. The van der Waals surface area contributed by atoms with E-state index < -0.39 is 25.1 Å². The molecule has 0 fully saturated rings. The summed E-state index contributed by atoms with van der Waals surface area (Å²) in [6, 6.07) is -0.0284. The van der Waals surface area contributed by atoms with E-state index in [0.717, 1.165) is 23.9 Å². The minimum Gasteiger partial charge on any atom is -0.310 e. The van der Waals surface area contributed by atoms with Gasteiger partial charge in [-0.2, -0.15) is 0 Å². The highest BCUT2D eigenvalue weighted by Gasteiger charge is 2.41. The number of likely N-dealkylation sites (N-methyl/N-ethyl adjacent to an activating group) is 1. The Morgan fingerprint density at radius 2 is 2.15 bits per heavy atom. The fraction of sp³-hybridized carbons (Fsp3) is 0.636. The normalized spacial score (nSPS) is 29.9. The Hall–Kier alpha value is -0.350. The lowest BCUT2D eigenvalue weighted by molar-refractivity contribution is 0.511. The van der Waals surface area contributed by atoms with Crippen molar-refractivity contribution in [2.45, 2.75) is 38.0 Å². The molecule has 0 spiro atoms. The summed E-state index contributed by atoms with van der Waals surface area (Å²) in [6.07, 6.45) is 2.31. The largest absolute Gasteiger partial charge is 0.310 e. The van der Waals surface area contributed by atoms with E-state index in [1.807, 2.05) is 6.92 Å². The van der Waals surface area contributed by atoms with Crippen LogP contribution in [0, 0.1) is 0 Å². The first-order chi connectivity index (χ1) is 9.17. The molecule has 2 aliphatic heterocycles. The number of hydrogen-bond donors (Lipinski definition) is 2. The highest BCUT2D eigenvalue weighted by atomic mass is 32.3. The first kappa shape index (κ1) is 16.0. The Bertz CT molecular complexity index is 676. The molecular formula is C11H18N2O4S3. The lowest BCUT2D eigenvalue weighted by atomic mass is 10.00. The second-order valence-electron chi connectivity index (χ2n) is 4.89. The van der Waals surface area contributed by atoms with Gasteiger partial charge in [0.15, 0.2) is 9.84 Å². The Morgan fingerprint density at radius 1 is 1.50 bits per heavy atom. The van der Waals surface area contributed by atoms with Crippen LogP contribution in [-0.2, 0) is 19.9 Å². The maximum absolute atomic E-state index is 12.4. The molecule has 2 unspecified atom stereocenters. The molecule has 0 radical (unpaired) electrons. The van der Waals surface area contributed by atoms with Crippen LogP contribution in [0.4, 0.5) is 0 Å². The molecule has 2 aliphatic rings. The number of sulfonamides is 1. The van der Waals surface area contributed by atoms with Gasteiger partial charge in [-0.1, -0.05) is 24.8 Å². The SMILES string of the molecule is CCNC1CC(C)S(=O)(=O)C2=C1CC=C(S(N)(=O)=O)S2. The third kappa shape index (κ3) is 2.82. The van der Waals surface area contributed by atoms with Crippen LogP contribution in [0.1, 0.15) is 26.7 Å². The maximum atomic E-state index is 12.4. The average Bonchev–Trinajstić information content (AvgIpc) is 2.35. The van der Waals surface area contributed by atoms with Crippen molar-refractivity contribution in [1.82, 2.24) is 5.32 Å². The lowest BCUT2D eigenvalue weighted by Gasteiger charge is -2.34. The van der Waals surface area contributed by atoms with E-state index in [1.54, 1.807) is 6.92 Å². The van der Waals surface area contributed by atoms with Gasteiger partial charge in [0.05, 0.1) is 5.25 Å². The molecule has 0 saturated carbocycles. The zero-order valence-corrected chi connectivity index (χ0v) is 13.7. The number of nitrogens with one attached hydrogen (secondary N) is 1. The Kier molecular flexibility index (Phi) is 4.37. The second kappa shape index (κ2) is 5.45. The van der Waals surface area contributed by atoms with Crippen molar-refractivity contribution in [3.8, 4) is 0 Å². The monoisotopic (exact) mass is 338 g/mol. The first-order valence-corrected chi connectivity index (χ1v) is 10.2. The highest BCUT2D eigenvalue weighted by Crippen LogP contribution is 2.45. The molecule has 0 aliphatic carbocycles. The highest BCUT2D eigenvalue weighted by molar-refractivity contribution is 8.27. The summed E-state index contributed by atoms with van der Waals surface area (Å²) in [7, 11) is -7.33. The van der Waals surface area contributed by atoms with E-state index in [9.17, 15) is 16.8 Å². The zero-order chi connectivity index (χ0) is 15.1. The van der Waals surface area contributed by atoms with E-state index in [-0.39, 0.29) is 14.5 Å². The quantitative estimate of drug-likeness (QED) is 0.782. The molecule has 2 rings (SSSR count). The van der Waals surface area contributed by atoms with E-state index in [0.29, 0.717) is 12.8 Å². The van der Waals surface area contributed by atoms with E-state index in [2.05, 4.69) is 5.32 Å². The van der Waals surface area contributed by atoms with Gasteiger partial charge in [-0.25, -0.2) is 22.0 Å². The number of rotatable bonds is 3. The molecule has 0 saturated heterocycles. The van der Waals surface area contributed by atoms with E-state index >= 15 is 0 Å². The van der Waals surface area contributed by atoms with Crippen molar-refractivity contribution in [1.29, 1.82) is 0 Å². The number of primary sulfonamides is 1. The van der Waals surface area contributed by atoms with Crippen LogP contribution < -0.4 is 10.5 Å². The Balaban J connectivity index is 2.47. The summed E-state index contributed by atoms with van der Waals surface area (Å²) in [5, 5.41) is 7.83. The lowest BCUT2D eigenvalue weighted by Crippen LogP contribution is -2.41. The standard InChI is InChI=1S/C11H18N2O4S3/c1-3-13-9-6-7(2)19(14,15)11-8(9)4-5-10(18-11)20(12,16)17/h5,7,9,13H,3-4,6H2,1-2H3,(H2,12,16,17). The van der Waals surface area contributed by atoms with Crippen LogP contribution in [-0.4, -0.2) is 34.7 Å². The molecule has 0 aromatic heterocycles. The van der Waals surface area contributed by atoms with Gasteiger partial charge in [0.2, 0.25) is 10.0 Å². The van der Waals surface area contributed by atoms with Crippen LogP contribution in [0.5, 0.6) is 0 Å². The van der Waals surface area contributed by atoms with Gasteiger partial charge >= 0.3 is 0 Å². The summed E-state index contributed by atoms with van der Waals surface area (Å²) in [5.41, 5.74) is 0.752. The number of allylic oxidation sites excluding steroid dienone is 1. The number of thioether (sulfide) groups is 1. The van der Waals surface area contributed by atoms with Crippen molar-refractivity contribution >= 4 is 31.6 Å². The fourth-order valence-electron chi connectivity index (χ4n) is 2.41. The molecule has 0 aromatic carbocycles. The average molecular weight is 338 g/mol. The number of nitrogens with two attached hydrogens (primary N) is 1. The second-order valence-corrected chi connectivity index (χ2v) is 10.3. The molecule has 6 nitrogen and oxygen atoms in total. The van der Waals surface area contributed by atoms with Crippen LogP contribution in [0.2, 0.25) is 0 Å². The maximum Gasteiger partial charge on any atom is 0.244 e. The third-order valence-electron chi connectivity index (χ3n) is 3.45.